The van der Waals surface area contributed by atoms with Gasteiger partial charge in [-0.2, -0.15) is 0 Å². The second-order valence-corrected chi connectivity index (χ2v) is 3.59. The maximum absolute atomic E-state index is 10.6. The van der Waals surface area contributed by atoms with Crippen molar-refractivity contribution in [2.24, 2.45) is 11.8 Å². The van der Waals surface area contributed by atoms with E-state index in [2.05, 4.69) is 0 Å². The average molecular weight is 168 g/mol. The Morgan fingerprint density at radius 2 is 1.17 bits per heavy atom. The van der Waals surface area contributed by atoms with Gasteiger partial charge in [0.2, 0.25) is 0 Å². The van der Waals surface area contributed by atoms with Crippen molar-refractivity contribution < 1.29 is 9.59 Å². The van der Waals surface area contributed by atoms with Crippen molar-refractivity contribution in [2.45, 2.75) is 38.5 Å². The average Bonchev–Trinajstić information content (AvgIpc) is 2.05. The molecule has 0 radical (unpaired) electrons. The van der Waals surface area contributed by atoms with Crippen LogP contribution in [0.1, 0.15) is 38.5 Å². The van der Waals surface area contributed by atoms with Gasteiger partial charge >= 0.3 is 0 Å². The Kier molecular flexibility index (Phi) is 3.98. The van der Waals surface area contributed by atoms with Crippen LogP contribution in [0.5, 0.6) is 0 Å². The SMILES string of the molecule is O=CC1CCCCCCC1C=O. The van der Waals surface area contributed by atoms with E-state index in [0.717, 1.165) is 38.3 Å². The zero-order valence-corrected chi connectivity index (χ0v) is 7.37. The zero-order valence-electron chi connectivity index (χ0n) is 7.37. The minimum Gasteiger partial charge on any atom is -0.303 e. The number of rotatable bonds is 2. The molecule has 0 heterocycles. The summed E-state index contributed by atoms with van der Waals surface area (Å²) in [5, 5.41) is 0. The van der Waals surface area contributed by atoms with Crippen molar-refractivity contribution in [3.8, 4) is 0 Å². The lowest BCUT2D eigenvalue weighted by Gasteiger charge is -2.19. The number of carbonyl (C=O) groups excluding carboxylic acids is 2. The summed E-state index contributed by atoms with van der Waals surface area (Å²) < 4.78 is 0. The van der Waals surface area contributed by atoms with Gasteiger partial charge in [-0.15, -0.1) is 0 Å². The van der Waals surface area contributed by atoms with E-state index >= 15 is 0 Å². The Balaban J connectivity index is 2.50. The Morgan fingerprint density at radius 1 is 0.750 bits per heavy atom. The molecule has 1 fully saturated rings. The van der Waals surface area contributed by atoms with Crippen molar-refractivity contribution in [1.29, 1.82) is 0 Å². The molecule has 1 saturated carbocycles. The molecule has 0 bridgehead atoms. The van der Waals surface area contributed by atoms with Gasteiger partial charge in [-0.25, -0.2) is 0 Å². The lowest BCUT2D eigenvalue weighted by molar-refractivity contribution is -0.120. The van der Waals surface area contributed by atoms with Gasteiger partial charge in [0.25, 0.3) is 0 Å². The molecule has 0 N–H and O–H groups in total. The molecule has 1 aliphatic carbocycles. The molecule has 2 unspecified atom stereocenters. The van der Waals surface area contributed by atoms with E-state index in [-0.39, 0.29) is 11.8 Å². The van der Waals surface area contributed by atoms with E-state index in [0.29, 0.717) is 0 Å². The Labute approximate surface area is 73.3 Å². The highest BCUT2D eigenvalue weighted by molar-refractivity contribution is 5.64. The van der Waals surface area contributed by atoms with E-state index in [4.69, 9.17) is 0 Å². The van der Waals surface area contributed by atoms with E-state index < -0.39 is 0 Å². The first-order valence-electron chi connectivity index (χ1n) is 4.79. The fourth-order valence-corrected chi connectivity index (χ4v) is 1.88. The monoisotopic (exact) mass is 168 g/mol. The zero-order chi connectivity index (χ0) is 8.81. The molecule has 1 rings (SSSR count). The minimum atomic E-state index is 0.00259. The van der Waals surface area contributed by atoms with Gasteiger partial charge in [-0.3, -0.25) is 0 Å². The normalized spacial score (nSPS) is 31.7. The smallest absolute Gasteiger partial charge is 0.123 e. The molecule has 0 amide bonds. The highest BCUT2D eigenvalue weighted by Crippen LogP contribution is 2.24. The second kappa shape index (κ2) is 5.07. The predicted molar refractivity (Wildman–Crippen MR) is 46.8 cm³/mol. The summed E-state index contributed by atoms with van der Waals surface area (Å²) >= 11 is 0. The van der Waals surface area contributed by atoms with Crippen molar-refractivity contribution in [2.75, 3.05) is 0 Å². The van der Waals surface area contributed by atoms with Gasteiger partial charge in [-0.1, -0.05) is 25.7 Å². The first-order chi connectivity index (χ1) is 5.88. The summed E-state index contributed by atoms with van der Waals surface area (Å²) in [6, 6.07) is 0. The molecule has 1 aliphatic rings. The minimum absolute atomic E-state index is 0.00259. The van der Waals surface area contributed by atoms with Gasteiger partial charge in [0.15, 0.2) is 0 Å². The number of aldehydes is 2. The summed E-state index contributed by atoms with van der Waals surface area (Å²) in [6.07, 6.45) is 8.39. The van der Waals surface area contributed by atoms with Crippen LogP contribution in [-0.2, 0) is 9.59 Å². The third-order valence-corrected chi connectivity index (χ3v) is 2.72. The van der Waals surface area contributed by atoms with Crippen LogP contribution in [0.15, 0.2) is 0 Å². The van der Waals surface area contributed by atoms with Crippen LogP contribution in [0.4, 0.5) is 0 Å². The maximum Gasteiger partial charge on any atom is 0.123 e. The van der Waals surface area contributed by atoms with Crippen LogP contribution in [0.3, 0.4) is 0 Å². The van der Waals surface area contributed by atoms with E-state index in [1.54, 1.807) is 0 Å². The molecule has 2 nitrogen and oxygen atoms in total. The number of carbonyl (C=O) groups is 2. The van der Waals surface area contributed by atoms with E-state index in [9.17, 15) is 9.59 Å². The standard InChI is InChI=1S/C10H16O2/c11-7-9-5-3-1-2-4-6-10(9)8-12/h7-10H,1-6H2. The largest absolute Gasteiger partial charge is 0.303 e. The summed E-state index contributed by atoms with van der Waals surface area (Å²) in [5.74, 6) is 0.00519. The van der Waals surface area contributed by atoms with Gasteiger partial charge in [-0.05, 0) is 12.8 Å². The van der Waals surface area contributed by atoms with Gasteiger partial charge < -0.3 is 9.59 Å². The van der Waals surface area contributed by atoms with Crippen molar-refractivity contribution >= 4 is 12.6 Å². The van der Waals surface area contributed by atoms with Crippen LogP contribution in [-0.4, -0.2) is 12.6 Å². The van der Waals surface area contributed by atoms with E-state index in [1.807, 2.05) is 0 Å². The molecule has 0 saturated heterocycles. The van der Waals surface area contributed by atoms with Crippen LogP contribution < -0.4 is 0 Å². The van der Waals surface area contributed by atoms with Crippen molar-refractivity contribution in [3.63, 3.8) is 0 Å². The Bertz CT molecular complexity index is 136. The lowest BCUT2D eigenvalue weighted by atomic mass is 9.83. The molecule has 0 aromatic carbocycles. The highest BCUT2D eigenvalue weighted by Gasteiger charge is 2.21. The molecular weight excluding hydrogens is 152 g/mol. The third kappa shape index (κ3) is 2.43. The van der Waals surface area contributed by atoms with Crippen LogP contribution in [0.25, 0.3) is 0 Å². The number of hydrogen-bond acceptors (Lipinski definition) is 2. The molecule has 0 aromatic heterocycles. The van der Waals surface area contributed by atoms with E-state index in [1.165, 1.54) is 12.8 Å². The van der Waals surface area contributed by atoms with Crippen molar-refractivity contribution in [1.82, 2.24) is 0 Å². The quantitative estimate of drug-likeness (QED) is 0.591. The lowest BCUT2D eigenvalue weighted by Crippen LogP contribution is -2.19. The van der Waals surface area contributed by atoms with Gasteiger partial charge in [0.1, 0.15) is 12.6 Å². The fourth-order valence-electron chi connectivity index (χ4n) is 1.88. The third-order valence-electron chi connectivity index (χ3n) is 2.72. The predicted octanol–water partition coefficient (Wildman–Crippen LogP) is 1.97. The molecule has 68 valence electrons. The number of hydrogen-bond donors (Lipinski definition) is 0. The summed E-state index contributed by atoms with van der Waals surface area (Å²) in [5.41, 5.74) is 0. The summed E-state index contributed by atoms with van der Waals surface area (Å²) in [7, 11) is 0. The van der Waals surface area contributed by atoms with Crippen LogP contribution in [0, 0.1) is 11.8 Å². The first kappa shape index (κ1) is 9.43. The second-order valence-electron chi connectivity index (χ2n) is 3.59. The molecule has 0 aliphatic heterocycles. The molecular formula is C10H16O2. The topological polar surface area (TPSA) is 34.1 Å². The highest BCUT2D eigenvalue weighted by atomic mass is 16.1. The molecule has 0 aromatic rings. The first-order valence-corrected chi connectivity index (χ1v) is 4.79. The molecule has 0 spiro atoms. The van der Waals surface area contributed by atoms with Gasteiger partial charge in [0, 0.05) is 11.8 Å². The van der Waals surface area contributed by atoms with Crippen LogP contribution >= 0.6 is 0 Å². The molecule has 2 heteroatoms. The molecule has 12 heavy (non-hydrogen) atoms. The maximum atomic E-state index is 10.6. The van der Waals surface area contributed by atoms with Gasteiger partial charge in [0.05, 0.1) is 0 Å². The molecule has 2 atom stereocenters. The Hall–Kier alpha value is -0.660. The fraction of sp³-hybridized carbons (Fsp3) is 0.800. The van der Waals surface area contributed by atoms with Crippen molar-refractivity contribution in [3.05, 3.63) is 0 Å². The van der Waals surface area contributed by atoms with Crippen LogP contribution in [0.2, 0.25) is 0 Å². The summed E-state index contributed by atoms with van der Waals surface area (Å²) in [4.78, 5) is 21.3. The Morgan fingerprint density at radius 3 is 1.50 bits per heavy atom. The summed E-state index contributed by atoms with van der Waals surface area (Å²) in [6.45, 7) is 0.